The van der Waals surface area contributed by atoms with E-state index in [4.69, 9.17) is 0 Å². The molecule has 3 heteroatoms. The molecule has 0 radical (unpaired) electrons. The molecule has 0 aromatic carbocycles. The summed E-state index contributed by atoms with van der Waals surface area (Å²) in [7, 11) is 0. The Balaban J connectivity index is 1.89. The largest absolute Gasteiger partial charge is 0.380 e. The van der Waals surface area contributed by atoms with Gasteiger partial charge in [-0.15, -0.1) is 0 Å². The van der Waals surface area contributed by atoms with E-state index in [0.717, 1.165) is 17.9 Å². The lowest BCUT2D eigenvalue weighted by atomic mass is 10.2. The van der Waals surface area contributed by atoms with Crippen LogP contribution < -0.4 is 5.32 Å². The molecule has 1 saturated heterocycles. The number of hydrogen-bond acceptors (Lipinski definition) is 3. The molecule has 0 aliphatic carbocycles. The molecule has 0 bridgehead atoms. The number of aryl methyl sites for hydroxylation is 1. The Morgan fingerprint density at radius 2 is 2.25 bits per heavy atom. The lowest BCUT2D eigenvalue weighted by Crippen LogP contribution is -2.31. The second-order valence-corrected chi connectivity index (χ2v) is 4.91. The molecule has 3 nitrogen and oxygen atoms in total. The lowest BCUT2D eigenvalue weighted by molar-refractivity contribution is 0.274. The maximum absolute atomic E-state index is 4.30. The fourth-order valence-corrected chi connectivity index (χ4v) is 2.16. The molecule has 88 valence electrons. The molecule has 1 aliphatic rings. The molecule has 0 spiro atoms. The minimum Gasteiger partial charge on any atom is -0.380 e. The highest BCUT2D eigenvalue weighted by atomic mass is 15.2. The van der Waals surface area contributed by atoms with Gasteiger partial charge in [-0.3, -0.25) is 9.88 Å². The minimum atomic E-state index is 0.576. The van der Waals surface area contributed by atoms with Crippen LogP contribution in [0.2, 0.25) is 0 Å². The first-order chi connectivity index (χ1) is 7.65. The van der Waals surface area contributed by atoms with Gasteiger partial charge in [-0.05, 0) is 39.3 Å². The van der Waals surface area contributed by atoms with Crippen LogP contribution in [0.15, 0.2) is 18.3 Å². The van der Waals surface area contributed by atoms with Gasteiger partial charge in [-0.25, -0.2) is 0 Å². The number of aromatic nitrogens is 1. The Kier molecular flexibility index (Phi) is 3.44. The SMILES string of the molecule is Cc1ccc(NC2CCN(C(C)C)C2)cn1. The first kappa shape index (κ1) is 11.4. The van der Waals surface area contributed by atoms with E-state index in [-0.39, 0.29) is 0 Å². The Morgan fingerprint density at radius 1 is 1.44 bits per heavy atom. The highest BCUT2D eigenvalue weighted by Gasteiger charge is 2.23. The van der Waals surface area contributed by atoms with Crippen molar-refractivity contribution in [3.8, 4) is 0 Å². The van der Waals surface area contributed by atoms with Crippen molar-refractivity contribution in [3.05, 3.63) is 24.0 Å². The minimum absolute atomic E-state index is 0.576. The highest BCUT2D eigenvalue weighted by Crippen LogP contribution is 2.17. The predicted molar refractivity (Wildman–Crippen MR) is 67.7 cm³/mol. The number of hydrogen-bond donors (Lipinski definition) is 1. The Hall–Kier alpha value is -1.09. The van der Waals surface area contributed by atoms with Crippen LogP contribution >= 0.6 is 0 Å². The molecular formula is C13H21N3. The number of rotatable bonds is 3. The van der Waals surface area contributed by atoms with Crippen LogP contribution in [0.5, 0.6) is 0 Å². The third kappa shape index (κ3) is 2.73. The van der Waals surface area contributed by atoms with Crippen LogP contribution in [0.25, 0.3) is 0 Å². The monoisotopic (exact) mass is 219 g/mol. The van der Waals surface area contributed by atoms with Crippen molar-refractivity contribution < 1.29 is 0 Å². The summed E-state index contributed by atoms with van der Waals surface area (Å²) in [6.07, 6.45) is 3.15. The average Bonchev–Trinajstić information content (AvgIpc) is 2.70. The van der Waals surface area contributed by atoms with E-state index in [1.54, 1.807) is 0 Å². The van der Waals surface area contributed by atoms with Crippen LogP contribution in [-0.4, -0.2) is 35.1 Å². The summed E-state index contributed by atoms with van der Waals surface area (Å²) in [5, 5.41) is 3.55. The van der Waals surface area contributed by atoms with E-state index in [1.165, 1.54) is 13.0 Å². The van der Waals surface area contributed by atoms with Crippen molar-refractivity contribution in [1.82, 2.24) is 9.88 Å². The number of pyridine rings is 1. The van der Waals surface area contributed by atoms with E-state index in [9.17, 15) is 0 Å². The first-order valence-corrected chi connectivity index (χ1v) is 6.08. The molecule has 2 heterocycles. The summed E-state index contributed by atoms with van der Waals surface area (Å²) < 4.78 is 0. The van der Waals surface area contributed by atoms with Crippen LogP contribution in [-0.2, 0) is 0 Å². The number of likely N-dealkylation sites (tertiary alicyclic amines) is 1. The second kappa shape index (κ2) is 4.83. The maximum atomic E-state index is 4.30. The summed E-state index contributed by atoms with van der Waals surface area (Å²) in [5.74, 6) is 0. The molecule has 1 N–H and O–H groups in total. The third-order valence-electron chi connectivity index (χ3n) is 3.23. The maximum Gasteiger partial charge on any atom is 0.0529 e. The van der Waals surface area contributed by atoms with Gasteiger partial charge in [-0.2, -0.15) is 0 Å². The lowest BCUT2D eigenvalue weighted by Gasteiger charge is -2.20. The van der Waals surface area contributed by atoms with Gasteiger partial charge in [0.2, 0.25) is 0 Å². The van der Waals surface area contributed by atoms with Crippen molar-refractivity contribution >= 4 is 5.69 Å². The van der Waals surface area contributed by atoms with E-state index in [1.807, 2.05) is 13.1 Å². The normalized spacial score (nSPS) is 21.6. The fraction of sp³-hybridized carbons (Fsp3) is 0.615. The molecule has 1 atom stereocenters. The van der Waals surface area contributed by atoms with Crippen molar-refractivity contribution in [3.63, 3.8) is 0 Å². The average molecular weight is 219 g/mol. The molecular weight excluding hydrogens is 198 g/mol. The molecule has 1 fully saturated rings. The summed E-state index contributed by atoms with van der Waals surface area (Å²) in [6, 6.07) is 5.40. The quantitative estimate of drug-likeness (QED) is 0.845. The predicted octanol–water partition coefficient (Wildman–Crippen LogP) is 2.28. The van der Waals surface area contributed by atoms with E-state index < -0.39 is 0 Å². The molecule has 2 rings (SSSR count). The Morgan fingerprint density at radius 3 is 2.81 bits per heavy atom. The summed E-state index contributed by atoms with van der Waals surface area (Å²) in [5.41, 5.74) is 2.21. The summed E-state index contributed by atoms with van der Waals surface area (Å²) >= 11 is 0. The topological polar surface area (TPSA) is 28.2 Å². The van der Waals surface area contributed by atoms with Gasteiger partial charge in [0, 0.05) is 30.9 Å². The zero-order chi connectivity index (χ0) is 11.5. The molecule has 1 aromatic heterocycles. The smallest absolute Gasteiger partial charge is 0.0529 e. The number of nitrogens with one attached hydrogen (secondary N) is 1. The van der Waals surface area contributed by atoms with Gasteiger partial charge in [0.05, 0.1) is 11.9 Å². The second-order valence-electron chi connectivity index (χ2n) is 4.91. The first-order valence-electron chi connectivity index (χ1n) is 6.08. The zero-order valence-electron chi connectivity index (χ0n) is 10.4. The van der Waals surface area contributed by atoms with E-state index in [0.29, 0.717) is 12.1 Å². The van der Waals surface area contributed by atoms with Crippen molar-refractivity contribution in [2.24, 2.45) is 0 Å². The van der Waals surface area contributed by atoms with Crippen LogP contribution in [0, 0.1) is 6.92 Å². The fourth-order valence-electron chi connectivity index (χ4n) is 2.16. The molecule has 1 aromatic rings. The van der Waals surface area contributed by atoms with Crippen molar-refractivity contribution in [2.75, 3.05) is 18.4 Å². The van der Waals surface area contributed by atoms with Crippen molar-refractivity contribution in [1.29, 1.82) is 0 Å². The number of nitrogens with zero attached hydrogens (tertiary/aromatic N) is 2. The van der Waals surface area contributed by atoms with Gasteiger partial charge in [0.15, 0.2) is 0 Å². The molecule has 1 unspecified atom stereocenters. The molecule has 0 amide bonds. The molecule has 0 saturated carbocycles. The Bertz CT molecular complexity index is 332. The van der Waals surface area contributed by atoms with Gasteiger partial charge < -0.3 is 5.32 Å². The number of anilines is 1. The highest BCUT2D eigenvalue weighted by molar-refractivity contribution is 5.42. The zero-order valence-corrected chi connectivity index (χ0v) is 10.4. The van der Waals surface area contributed by atoms with Crippen molar-refractivity contribution in [2.45, 2.75) is 39.3 Å². The standard InChI is InChI=1S/C13H21N3/c1-10(2)16-7-6-13(9-16)15-12-5-4-11(3)14-8-12/h4-5,8,10,13,15H,6-7,9H2,1-3H3. The van der Waals surface area contributed by atoms with Gasteiger partial charge in [0.25, 0.3) is 0 Å². The van der Waals surface area contributed by atoms with Gasteiger partial charge in [0.1, 0.15) is 0 Å². The molecule has 1 aliphatic heterocycles. The van der Waals surface area contributed by atoms with Crippen LogP contribution in [0.4, 0.5) is 5.69 Å². The summed E-state index contributed by atoms with van der Waals surface area (Å²) in [4.78, 5) is 6.81. The van der Waals surface area contributed by atoms with Gasteiger partial charge >= 0.3 is 0 Å². The van der Waals surface area contributed by atoms with E-state index >= 15 is 0 Å². The van der Waals surface area contributed by atoms with E-state index in [2.05, 4.69) is 41.2 Å². The van der Waals surface area contributed by atoms with Gasteiger partial charge in [-0.1, -0.05) is 0 Å². The van der Waals surface area contributed by atoms with Crippen LogP contribution in [0.3, 0.4) is 0 Å². The van der Waals surface area contributed by atoms with Crippen LogP contribution in [0.1, 0.15) is 26.0 Å². The third-order valence-corrected chi connectivity index (χ3v) is 3.23. The summed E-state index contributed by atoms with van der Waals surface area (Å²) in [6.45, 7) is 8.88. The molecule has 16 heavy (non-hydrogen) atoms. The Labute approximate surface area is 97.9 Å².